The number of amides is 2. The lowest BCUT2D eigenvalue weighted by molar-refractivity contribution is -0.137. The maximum absolute atomic E-state index is 11.8. The van der Waals surface area contributed by atoms with Gasteiger partial charge in [-0.2, -0.15) is 5.26 Å². The zero-order valence-electron chi connectivity index (χ0n) is 10.3. The highest BCUT2D eigenvalue weighted by Gasteiger charge is 2.23. The second-order valence-corrected chi connectivity index (χ2v) is 4.25. The summed E-state index contributed by atoms with van der Waals surface area (Å²) in [6.07, 6.45) is 0.337. The monoisotopic (exact) mass is 238 g/mol. The van der Waals surface area contributed by atoms with Crippen molar-refractivity contribution in [1.82, 2.24) is 14.7 Å². The highest BCUT2D eigenvalue weighted by molar-refractivity contribution is 5.81. The standard InChI is InChI=1S/C11H18N4O2/c1-13(5-3-4-12)10(16)8-15-7-6-14(2)11(17)9-15/h3,5-9H2,1-2H3. The van der Waals surface area contributed by atoms with E-state index < -0.39 is 0 Å². The van der Waals surface area contributed by atoms with Crippen LogP contribution in [-0.4, -0.2) is 73.3 Å². The lowest BCUT2D eigenvalue weighted by Crippen LogP contribution is -2.51. The van der Waals surface area contributed by atoms with Crippen molar-refractivity contribution in [3.63, 3.8) is 0 Å². The Labute approximate surface area is 101 Å². The van der Waals surface area contributed by atoms with E-state index in [1.54, 1.807) is 19.0 Å². The van der Waals surface area contributed by atoms with Crippen molar-refractivity contribution in [3.05, 3.63) is 0 Å². The molecule has 0 aromatic rings. The largest absolute Gasteiger partial charge is 0.344 e. The van der Waals surface area contributed by atoms with Gasteiger partial charge in [-0.3, -0.25) is 14.5 Å². The van der Waals surface area contributed by atoms with Gasteiger partial charge in [-0.25, -0.2) is 0 Å². The van der Waals surface area contributed by atoms with Crippen LogP contribution in [0.5, 0.6) is 0 Å². The second kappa shape index (κ2) is 6.21. The first-order chi connectivity index (χ1) is 8.04. The fourth-order valence-corrected chi connectivity index (χ4v) is 1.60. The summed E-state index contributed by atoms with van der Waals surface area (Å²) < 4.78 is 0. The van der Waals surface area contributed by atoms with Gasteiger partial charge in [0.2, 0.25) is 11.8 Å². The van der Waals surface area contributed by atoms with E-state index in [1.807, 2.05) is 11.0 Å². The molecule has 2 amide bonds. The molecule has 1 aliphatic rings. The Morgan fingerprint density at radius 2 is 2.24 bits per heavy atom. The third-order valence-electron chi connectivity index (χ3n) is 2.88. The molecule has 0 N–H and O–H groups in total. The Bertz CT molecular complexity index is 337. The van der Waals surface area contributed by atoms with Crippen LogP contribution in [0.3, 0.4) is 0 Å². The van der Waals surface area contributed by atoms with Crippen molar-refractivity contribution >= 4 is 11.8 Å². The molecule has 6 nitrogen and oxygen atoms in total. The average molecular weight is 238 g/mol. The van der Waals surface area contributed by atoms with Gasteiger partial charge >= 0.3 is 0 Å². The third-order valence-corrected chi connectivity index (χ3v) is 2.88. The highest BCUT2D eigenvalue weighted by atomic mass is 16.2. The van der Waals surface area contributed by atoms with E-state index in [0.29, 0.717) is 26.1 Å². The Morgan fingerprint density at radius 1 is 1.53 bits per heavy atom. The molecular formula is C11H18N4O2. The molecular weight excluding hydrogens is 220 g/mol. The van der Waals surface area contributed by atoms with Crippen molar-refractivity contribution in [1.29, 1.82) is 5.26 Å². The zero-order chi connectivity index (χ0) is 12.8. The molecule has 0 aromatic carbocycles. The third kappa shape index (κ3) is 4.04. The molecule has 0 atom stereocenters. The first kappa shape index (κ1) is 13.5. The maximum atomic E-state index is 11.8. The summed E-state index contributed by atoms with van der Waals surface area (Å²) in [5.74, 6) is 0.00123. The fraction of sp³-hybridized carbons (Fsp3) is 0.727. The number of rotatable bonds is 4. The summed E-state index contributed by atoms with van der Waals surface area (Å²) in [5.41, 5.74) is 0. The van der Waals surface area contributed by atoms with Crippen molar-refractivity contribution < 1.29 is 9.59 Å². The Hall–Kier alpha value is -1.61. The first-order valence-corrected chi connectivity index (χ1v) is 5.62. The van der Waals surface area contributed by atoms with Gasteiger partial charge in [-0.15, -0.1) is 0 Å². The molecule has 0 spiro atoms. The molecule has 6 heteroatoms. The predicted molar refractivity (Wildman–Crippen MR) is 61.9 cm³/mol. The van der Waals surface area contributed by atoms with Crippen LogP contribution >= 0.6 is 0 Å². The number of hydrogen-bond acceptors (Lipinski definition) is 4. The fourth-order valence-electron chi connectivity index (χ4n) is 1.60. The van der Waals surface area contributed by atoms with Crippen LogP contribution in [0.15, 0.2) is 0 Å². The number of piperazine rings is 1. The molecule has 1 heterocycles. The van der Waals surface area contributed by atoms with Crippen LogP contribution in [0.25, 0.3) is 0 Å². The molecule has 0 bridgehead atoms. The molecule has 0 aliphatic carbocycles. The number of carbonyl (C=O) groups excluding carboxylic acids is 2. The maximum Gasteiger partial charge on any atom is 0.236 e. The van der Waals surface area contributed by atoms with E-state index in [4.69, 9.17) is 5.26 Å². The predicted octanol–water partition coefficient (Wildman–Crippen LogP) is -0.868. The number of nitrogens with zero attached hydrogens (tertiary/aromatic N) is 4. The number of nitriles is 1. The minimum atomic E-state index is -0.0439. The number of likely N-dealkylation sites (N-methyl/N-ethyl adjacent to an activating group) is 2. The molecule has 0 aromatic heterocycles. The van der Waals surface area contributed by atoms with Crippen LogP contribution in [0.4, 0.5) is 0 Å². The lowest BCUT2D eigenvalue weighted by Gasteiger charge is -2.32. The summed E-state index contributed by atoms with van der Waals surface area (Å²) in [6, 6.07) is 2.00. The normalized spacial score (nSPS) is 16.8. The smallest absolute Gasteiger partial charge is 0.236 e. The second-order valence-electron chi connectivity index (χ2n) is 4.25. The van der Waals surface area contributed by atoms with Gasteiger partial charge in [-0.1, -0.05) is 0 Å². The molecule has 17 heavy (non-hydrogen) atoms. The van der Waals surface area contributed by atoms with Gasteiger partial charge in [0.25, 0.3) is 0 Å². The van der Waals surface area contributed by atoms with Gasteiger partial charge < -0.3 is 9.80 Å². The molecule has 1 fully saturated rings. The molecule has 1 aliphatic heterocycles. The Balaban J connectivity index is 2.36. The Morgan fingerprint density at radius 3 is 2.82 bits per heavy atom. The highest BCUT2D eigenvalue weighted by Crippen LogP contribution is 2.01. The molecule has 1 saturated heterocycles. The van der Waals surface area contributed by atoms with E-state index in [1.165, 1.54) is 4.90 Å². The average Bonchev–Trinajstić information content (AvgIpc) is 2.30. The summed E-state index contributed by atoms with van der Waals surface area (Å²) in [5, 5.41) is 8.43. The van der Waals surface area contributed by atoms with Gasteiger partial charge in [0.1, 0.15) is 0 Å². The number of carbonyl (C=O) groups is 2. The van der Waals surface area contributed by atoms with Crippen LogP contribution in [-0.2, 0) is 9.59 Å². The van der Waals surface area contributed by atoms with E-state index in [2.05, 4.69) is 0 Å². The van der Waals surface area contributed by atoms with Gasteiger partial charge in [0.05, 0.1) is 25.6 Å². The van der Waals surface area contributed by atoms with Crippen LogP contribution in [0, 0.1) is 11.3 Å². The van der Waals surface area contributed by atoms with E-state index in [9.17, 15) is 9.59 Å². The van der Waals surface area contributed by atoms with Crippen LogP contribution < -0.4 is 0 Å². The summed E-state index contributed by atoms with van der Waals surface area (Å²) in [7, 11) is 3.44. The summed E-state index contributed by atoms with van der Waals surface area (Å²) in [4.78, 5) is 28.2. The molecule has 0 saturated carbocycles. The Kier molecular flexibility index (Phi) is 4.91. The minimum Gasteiger partial charge on any atom is -0.344 e. The lowest BCUT2D eigenvalue weighted by atomic mass is 10.3. The van der Waals surface area contributed by atoms with Crippen LogP contribution in [0.2, 0.25) is 0 Å². The van der Waals surface area contributed by atoms with Crippen molar-refractivity contribution in [2.45, 2.75) is 6.42 Å². The van der Waals surface area contributed by atoms with Gasteiger partial charge in [0, 0.05) is 33.7 Å². The summed E-state index contributed by atoms with van der Waals surface area (Å²) >= 11 is 0. The quantitative estimate of drug-likeness (QED) is 0.638. The van der Waals surface area contributed by atoms with Gasteiger partial charge in [-0.05, 0) is 0 Å². The molecule has 94 valence electrons. The van der Waals surface area contributed by atoms with Crippen molar-refractivity contribution in [2.75, 3.05) is 46.8 Å². The topological polar surface area (TPSA) is 67.7 Å². The molecule has 1 rings (SSSR count). The van der Waals surface area contributed by atoms with Crippen LogP contribution in [0.1, 0.15) is 6.42 Å². The SMILES string of the molecule is CN(CCC#N)C(=O)CN1CCN(C)C(=O)C1. The van der Waals surface area contributed by atoms with E-state index >= 15 is 0 Å². The van der Waals surface area contributed by atoms with Crippen molar-refractivity contribution in [3.8, 4) is 6.07 Å². The summed E-state index contributed by atoms with van der Waals surface area (Å²) in [6.45, 7) is 2.38. The van der Waals surface area contributed by atoms with E-state index in [-0.39, 0.29) is 18.4 Å². The van der Waals surface area contributed by atoms with E-state index in [0.717, 1.165) is 6.54 Å². The van der Waals surface area contributed by atoms with Gasteiger partial charge in [0.15, 0.2) is 0 Å². The van der Waals surface area contributed by atoms with Crippen molar-refractivity contribution in [2.24, 2.45) is 0 Å². The molecule has 0 radical (unpaired) electrons. The first-order valence-electron chi connectivity index (χ1n) is 5.62. The number of hydrogen-bond donors (Lipinski definition) is 0. The molecule has 0 unspecified atom stereocenters. The zero-order valence-corrected chi connectivity index (χ0v) is 10.3. The minimum absolute atomic E-state index is 0.0439.